The number of fused-ring (bicyclic) bond motifs is 1. The number of ketones is 1. The molecule has 0 spiro atoms. The van der Waals surface area contributed by atoms with Gasteiger partial charge in [0, 0.05) is 21.3 Å². The summed E-state index contributed by atoms with van der Waals surface area (Å²) in [5.41, 5.74) is 1.64. The molecule has 1 aromatic carbocycles. The molecule has 3 heterocycles. The highest BCUT2D eigenvalue weighted by Crippen LogP contribution is 2.42. The summed E-state index contributed by atoms with van der Waals surface area (Å²) in [5.74, 6) is -1.35. The highest BCUT2D eigenvalue weighted by Gasteiger charge is 2.45. The first-order chi connectivity index (χ1) is 13.4. The molecule has 0 radical (unpaired) electrons. The van der Waals surface area contributed by atoms with Gasteiger partial charge in [0.25, 0.3) is 5.91 Å². The SMILES string of the molecule is CCCN1C(=O)C(O)=C(C(=O)c2cc3cc(Br)ccc3o2)C1c1sccc1C. The average Bonchev–Trinajstić information content (AvgIpc) is 3.33. The zero-order valence-corrected chi connectivity index (χ0v) is 17.8. The van der Waals surface area contributed by atoms with Crippen molar-refractivity contribution in [3.8, 4) is 0 Å². The van der Waals surface area contributed by atoms with Crippen LogP contribution in [-0.2, 0) is 4.79 Å². The van der Waals surface area contributed by atoms with Crippen molar-refractivity contribution in [3.05, 3.63) is 67.7 Å². The van der Waals surface area contributed by atoms with Crippen LogP contribution in [0.15, 0.2) is 55.9 Å². The van der Waals surface area contributed by atoms with E-state index in [-0.39, 0.29) is 11.3 Å². The fraction of sp³-hybridized carbons (Fsp3) is 0.238. The summed E-state index contributed by atoms with van der Waals surface area (Å²) in [7, 11) is 0. The van der Waals surface area contributed by atoms with Crippen LogP contribution < -0.4 is 0 Å². The first kappa shape index (κ1) is 19.0. The number of aryl methyl sites for hydroxylation is 1. The third-order valence-electron chi connectivity index (χ3n) is 4.86. The fourth-order valence-corrected chi connectivity index (χ4v) is 4.98. The molecule has 0 bridgehead atoms. The van der Waals surface area contributed by atoms with Crippen LogP contribution in [0.2, 0.25) is 0 Å². The van der Waals surface area contributed by atoms with E-state index < -0.39 is 23.5 Å². The fourth-order valence-electron chi connectivity index (χ4n) is 3.55. The summed E-state index contributed by atoms with van der Waals surface area (Å²) in [6.07, 6.45) is 0.722. The molecule has 5 nitrogen and oxygen atoms in total. The van der Waals surface area contributed by atoms with Crippen molar-refractivity contribution in [2.45, 2.75) is 26.3 Å². The summed E-state index contributed by atoms with van der Waals surface area (Å²) in [4.78, 5) is 28.5. The van der Waals surface area contributed by atoms with E-state index in [4.69, 9.17) is 4.42 Å². The third-order valence-corrected chi connectivity index (χ3v) is 6.43. The van der Waals surface area contributed by atoms with Crippen molar-refractivity contribution in [1.82, 2.24) is 4.90 Å². The first-order valence-corrected chi connectivity index (χ1v) is 10.6. The van der Waals surface area contributed by atoms with E-state index >= 15 is 0 Å². The molecular weight excluding hydrogens is 442 g/mol. The molecule has 1 aliphatic heterocycles. The molecule has 144 valence electrons. The number of halogens is 1. The molecule has 1 N–H and O–H groups in total. The lowest BCUT2D eigenvalue weighted by molar-refractivity contribution is -0.129. The Bertz CT molecular complexity index is 1130. The number of aliphatic hydroxyl groups is 1. The monoisotopic (exact) mass is 459 g/mol. The van der Waals surface area contributed by atoms with Crippen LogP contribution in [0.4, 0.5) is 0 Å². The molecule has 0 saturated heterocycles. The number of carbonyl (C=O) groups is 2. The van der Waals surface area contributed by atoms with Crippen LogP contribution >= 0.6 is 27.3 Å². The molecule has 1 amide bonds. The molecule has 0 saturated carbocycles. The van der Waals surface area contributed by atoms with Crippen LogP contribution in [-0.4, -0.2) is 28.2 Å². The molecule has 0 aliphatic carbocycles. The summed E-state index contributed by atoms with van der Waals surface area (Å²) in [6.45, 7) is 4.35. The van der Waals surface area contributed by atoms with Crippen LogP contribution in [0.1, 0.15) is 40.4 Å². The van der Waals surface area contributed by atoms with Crippen molar-refractivity contribution in [2.75, 3.05) is 6.54 Å². The smallest absolute Gasteiger partial charge is 0.290 e. The number of aliphatic hydroxyl groups excluding tert-OH is 1. The van der Waals surface area contributed by atoms with Gasteiger partial charge in [-0.2, -0.15) is 0 Å². The molecular formula is C21H18BrNO4S. The summed E-state index contributed by atoms with van der Waals surface area (Å²) in [6, 6.07) is 8.46. The molecule has 1 aliphatic rings. The van der Waals surface area contributed by atoms with Gasteiger partial charge >= 0.3 is 0 Å². The van der Waals surface area contributed by atoms with Crippen molar-refractivity contribution in [2.24, 2.45) is 0 Å². The Morgan fingerprint density at radius 2 is 2.11 bits per heavy atom. The van der Waals surface area contributed by atoms with E-state index in [0.29, 0.717) is 12.1 Å². The molecule has 7 heteroatoms. The Morgan fingerprint density at radius 1 is 1.32 bits per heavy atom. The second-order valence-corrected chi connectivity index (χ2v) is 8.62. The Labute approximate surface area is 174 Å². The van der Waals surface area contributed by atoms with E-state index in [9.17, 15) is 14.7 Å². The Balaban J connectivity index is 1.83. The van der Waals surface area contributed by atoms with Crippen LogP contribution in [0.25, 0.3) is 11.0 Å². The van der Waals surface area contributed by atoms with Crippen molar-refractivity contribution in [3.63, 3.8) is 0 Å². The van der Waals surface area contributed by atoms with Gasteiger partial charge in [-0.1, -0.05) is 22.9 Å². The molecule has 3 aromatic rings. The number of amides is 1. The van der Waals surface area contributed by atoms with Crippen molar-refractivity contribution < 1.29 is 19.1 Å². The number of thiophene rings is 1. The maximum Gasteiger partial charge on any atom is 0.290 e. The van der Waals surface area contributed by atoms with E-state index in [0.717, 1.165) is 26.7 Å². The minimum atomic E-state index is -0.597. The zero-order chi connectivity index (χ0) is 20.0. The summed E-state index contributed by atoms with van der Waals surface area (Å²) in [5, 5.41) is 13.3. The first-order valence-electron chi connectivity index (χ1n) is 8.94. The second kappa shape index (κ2) is 7.22. The highest BCUT2D eigenvalue weighted by molar-refractivity contribution is 9.10. The number of furan rings is 1. The number of nitrogens with zero attached hydrogens (tertiary/aromatic N) is 1. The van der Waals surface area contributed by atoms with Gasteiger partial charge in [0.05, 0.1) is 11.6 Å². The number of Topliss-reactive ketones (excluding diaryl/α,β-unsaturated/α-hetero) is 1. The number of carbonyl (C=O) groups excluding carboxylic acids is 2. The zero-order valence-electron chi connectivity index (χ0n) is 15.4. The Hall–Kier alpha value is -2.38. The van der Waals surface area contributed by atoms with E-state index in [2.05, 4.69) is 15.9 Å². The minimum absolute atomic E-state index is 0.0853. The lowest BCUT2D eigenvalue weighted by Gasteiger charge is -2.25. The summed E-state index contributed by atoms with van der Waals surface area (Å²) < 4.78 is 6.60. The van der Waals surface area contributed by atoms with Gasteiger partial charge in [0.15, 0.2) is 11.5 Å². The predicted octanol–water partition coefficient (Wildman–Crippen LogP) is 5.55. The largest absolute Gasteiger partial charge is 0.503 e. The van der Waals surface area contributed by atoms with E-state index in [1.807, 2.05) is 37.4 Å². The van der Waals surface area contributed by atoms with Gasteiger partial charge in [-0.05, 0) is 54.6 Å². The number of hydrogen-bond donors (Lipinski definition) is 1. The topological polar surface area (TPSA) is 70.8 Å². The quantitative estimate of drug-likeness (QED) is 0.507. The Kier molecular flexibility index (Phi) is 4.89. The lowest BCUT2D eigenvalue weighted by atomic mass is 9.98. The molecule has 28 heavy (non-hydrogen) atoms. The van der Waals surface area contributed by atoms with Crippen LogP contribution in [0.3, 0.4) is 0 Å². The van der Waals surface area contributed by atoms with E-state index in [1.165, 1.54) is 11.3 Å². The van der Waals surface area contributed by atoms with Gasteiger partial charge in [-0.25, -0.2) is 0 Å². The molecule has 2 aromatic heterocycles. The number of hydrogen-bond acceptors (Lipinski definition) is 5. The van der Waals surface area contributed by atoms with Gasteiger partial charge < -0.3 is 14.4 Å². The molecule has 4 rings (SSSR count). The maximum absolute atomic E-state index is 13.3. The minimum Gasteiger partial charge on any atom is -0.503 e. The molecule has 1 unspecified atom stereocenters. The molecule has 1 atom stereocenters. The second-order valence-electron chi connectivity index (χ2n) is 6.75. The highest BCUT2D eigenvalue weighted by atomic mass is 79.9. The van der Waals surface area contributed by atoms with Crippen molar-refractivity contribution in [1.29, 1.82) is 0 Å². The third kappa shape index (κ3) is 2.99. The molecule has 0 fully saturated rings. The van der Waals surface area contributed by atoms with Crippen LogP contribution in [0, 0.1) is 6.92 Å². The van der Waals surface area contributed by atoms with E-state index in [1.54, 1.807) is 17.0 Å². The maximum atomic E-state index is 13.3. The van der Waals surface area contributed by atoms with Gasteiger partial charge in [0.1, 0.15) is 5.58 Å². The number of rotatable bonds is 5. The van der Waals surface area contributed by atoms with Crippen LogP contribution in [0.5, 0.6) is 0 Å². The predicted molar refractivity (Wildman–Crippen MR) is 112 cm³/mol. The Morgan fingerprint density at radius 3 is 2.79 bits per heavy atom. The van der Waals surface area contributed by atoms with Gasteiger partial charge in [-0.15, -0.1) is 11.3 Å². The normalized spacial score (nSPS) is 17.2. The average molecular weight is 460 g/mol. The van der Waals surface area contributed by atoms with Crippen molar-refractivity contribution >= 4 is 49.9 Å². The summed E-state index contributed by atoms with van der Waals surface area (Å²) >= 11 is 4.88. The number of benzene rings is 1. The lowest BCUT2D eigenvalue weighted by Crippen LogP contribution is -2.31. The standard InChI is InChI=1S/C21H18BrNO4S/c1-3-7-23-17(20-11(2)6-8-28-20)16(19(25)21(23)26)18(24)15-10-12-9-13(22)4-5-14(12)27-15/h4-6,8-10,17,25H,3,7H2,1-2H3. The van der Waals surface area contributed by atoms with Gasteiger partial charge in [0.2, 0.25) is 5.78 Å². The van der Waals surface area contributed by atoms with Gasteiger partial charge in [-0.3, -0.25) is 9.59 Å².